The van der Waals surface area contributed by atoms with Gasteiger partial charge in [0, 0.05) is 34.8 Å². The molecule has 16 heavy (non-hydrogen) atoms. The average Bonchev–Trinajstić information content (AvgIpc) is 2.74. The number of rotatable bonds is 1. The molecule has 0 saturated heterocycles. The predicted octanol–water partition coefficient (Wildman–Crippen LogP) is -0.347. The molecule has 3 aromatic rings. The molecule has 3 heteroatoms. The van der Waals surface area contributed by atoms with Crippen LogP contribution in [0.25, 0.3) is 22.0 Å². The summed E-state index contributed by atoms with van der Waals surface area (Å²) in [7, 11) is 0. The largest absolute Gasteiger partial charge is 1.00 e. The van der Waals surface area contributed by atoms with Crippen molar-refractivity contribution in [2.24, 2.45) is 0 Å². The molecular weight excluding hydrogens is 220 g/mol. The molecule has 2 nitrogen and oxygen atoms in total. The quantitative estimate of drug-likeness (QED) is 0.593. The minimum absolute atomic E-state index is 0. The lowest BCUT2D eigenvalue weighted by atomic mass is 10.1. The van der Waals surface area contributed by atoms with Gasteiger partial charge in [-0.1, -0.05) is 18.2 Å². The van der Waals surface area contributed by atoms with Crippen LogP contribution in [0, 0.1) is 0 Å². The summed E-state index contributed by atoms with van der Waals surface area (Å²) in [5.41, 5.74) is 3.66. The van der Waals surface area contributed by atoms with Crippen molar-refractivity contribution in [3.8, 4) is 11.1 Å². The lowest BCUT2D eigenvalue weighted by molar-refractivity contribution is -0.377. The molecule has 2 N–H and O–H groups in total. The van der Waals surface area contributed by atoms with Gasteiger partial charge in [0.25, 0.3) is 0 Å². The van der Waals surface area contributed by atoms with E-state index in [1.165, 1.54) is 22.0 Å². The van der Waals surface area contributed by atoms with E-state index < -0.39 is 0 Å². The number of H-pyrrole nitrogens is 2. The summed E-state index contributed by atoms with van der Waals surface area (Å²) < 4.78 is 0. The highest BCUT2D eigenvalue weighted by Gasteiger charge is 2.04. The minimum Gasteiger partial charge on any atom is -1.00 e. The number of nitrogens with one attached hydrogen (secondary N) is 2. The van der Waals surface area contributed by atoms with Crippen LogP contribution in [0.5, 0.6) is 0 Å². The Morgan fingerprint density at radius 3 is 2.50 bits per heavy atom. The molecule has 0 radical (unpaired) electrons. The van der Waals surface area contributed by atoms with E-state index in [1.54, 1.807) is 0 Å². The third-order valence-electron chi connectivity index (χ3n) is 2.62. The van der Waals surface area contributed by atoms with E-state index in [0.29, 0.717) is 0 Å². The van der Waals surface area contributed by atoms with Gasteiger partial charge in [-0.25, -0.2) is 4.98 Å². The Balaban J connectivity index is 0.000000963. The number of aromatic amines is 2. The zero-order valence-corrected chi connectivity index (χ0v) is 9.33. The molecule has 2 aromatic heterocycles. The van der Waals surface area contributed by atoms with Gasteiger partial charge in [0.2, 0.25) is 0 Å². The van der Waals surface area contributed by atoms with E-state index in [4.69, 9.17) is 0 Å². The number of pyridine rings is 1. The molecule has 0 fully saturated rings. The first-order valence-electron chi connectivity index (χ1n) is 4.98. The fourth-order valence-corrected chi connectivity index (χ4v) is 1.88. The second-order valence-electron chi connectivity index (χ2n) is 3.54. The van der Waals surface area contributed by atoms with Crippen LogP contribution in [-0.4, -0.2) is 4.98 Å². The van der Waals surface area contributed by atoms with Crippen LogP contribution in [0.15, 0.2) is 55.0 Å². The van der Waals surface area contributed by atoms with Crippen molar-refractivity contribution in [3.05, 3.63) is 55.0 Å². The monoisotopic (exact) mass is 230 g/mol. The number of hydrogen-bond donors (Lipinski definition) is 1. The van der Waals surface area contributed by atoms with Gasteiger partial charge in [-0.3, -0.25) is 0 Å². The Kier molecular flexibility index (Phi) is 2.93. The van der Waals surface area contributed by atoms with Crippen molar-refractivity contribution in [2.75, 3.05) is 0 Å². The van der Waals surface area contributed by atoms with Crippen LogP contribution in [0.2, 0.25) is 0 Å². The van der Waals surface area contributed by atoms with Gasteiger partial charge in [-0.2, -0.15) is 0 Å². The first kappa shape index (κ1) is 10.7. The average molecular weight is 231 g/mol. The number of hydrogen-bond acceptors (Lipinski definition) is 0. The normalized spacial score (nSPS) is 10.0. The van der Waals surface area contributed by atoms with Crippen molar-refractivity contribution in [1.29, 1.82) is 0 Å². The molecule has 0 unspecified atom stereocenters. The van der Waals surface area contributed by atoms with Gasteiger partial charge in [0.1, 0.15) is 0 Å². The third-order valence-corrected chi connectivity index (χ3v) is 2.62. The summed E-state index contributed by atoms with van der Waals surface area (Å²) in [5, 5.41) is 1.27. The maximum absolute atomic E-state index is 3.28. The van der Waals surface area contributed by atoms with Gasteiger partial charge < -0.3 is 17.4 Å². The van der Waals surface area contributed by atoms with Gasteiger partial charge >= 0.3 is 0 Å². The summed E-state index contributed by atoms with van der Waals surface area (Å²) >= 11 is 0. The third kappa shape index (κ3) is 1.68. The molecule has 0 saturated carbocycles. The van der Waals surface area contributed by atoms with E-state index in [2.05, 4.69) is 46.5 Å². The number of para-hydroxylation sites is 1. The summed E-state index contributed by atoms with van der Waals surface area (Å²) in [5.74, 6) is 0. The van der Waals surface area contributed by atoms with Crippen LogP contribution in [0.3, 0.4) is 0 Å². The lowest BCUT2D eigenvalue weighted by Gasteiger charge is -1.95. The van der Waals surface area contributed by atoms with Gasteiger partial charge in [-0.15, -0.1) is 0 Å². The zero-order valence-electron chi connectivity index (χ0n) is 8.57. The van der Waals surface area contributed by atoms with Crippen molar-refractivity contribution < 1.29 is 17.4 Å². The predicted molar refractivity (Wildman–Crippen MR) is 60.3 cm³/mol. The Morgan fingerprint density at radius 2 is 1.69 bits per heavy atom. The molecule has 0 atom stereocenters. The van der Waals surface area contributed by atoms with E-state index >= 15 is 0 Å². The van der Waals surface area contributed by atoms with Crippen LogP contribution >= 0.6 is 0 Å². The van der Waals surface area contributed by atoms with Gasteiger partial charge in [-0.05, 0) is 11.6 Å². The molecule has 0 bridgehead atoms. The number of aromatic nitrogens is 2. The van der Waals surface area contributed by atoms with Crippen LogP contribution in [0.1, 0.15) is 0 Å². The summed E-state index contributed by atoms with van der Waals surface area (Å²) in [6.07, 6.45) is 5.94. The summed E-state index contributed by atoms with van der Waals surface area (Å²) in [6.45, 7) is 0. The van der Waals surface area contributed by atoms with Crippen molar-refractivity contribution in [1.82, 2.24) is 4.98 Å². The van der Waals surface area contributed by atoms with E-state index in [0.717, 1.165) is 0 Å². The highest BCUT2D eigenvalue weighted by Crippen LogP contribution is 2.27. The van der Waals surface area contributed by atoms with Crippen molar-refractivity contribution in [3.63, 3.8) is 0 Å². The molecule has 0 spiro atoms. The van der Waals surface area contributed by atoms with Crippen LogP contribution in [-0.2, 0) is 0 Å². The fourth-order valence-electron chi connectivity index (χ4n) is 1.88. The number of halogens is 1. The summed E-state index contributed by atoms with van der Waals surface area (Å²) in [4.78, 5) is 6.31. The van der Waals surface area contributed by atoms with Crippen molar-refractivity contribution in [2.45, 2.75) is 0 Å². The molecule has 1 aromatic carbocycles. The van der Waals surface area contributed by atoms with E-state index in [-0.39, 0.29) is 12.4 Å². The maximum Gasteiger partial charge on any atom is 0.167 e. The fraction of sp³-hybridized carbons (Fsp3) is 0. The molecule has 3 rings (SSSR count). The van der Waals surface area contributed by atoms with Gasteiger partial charge in [0.05, 0.1) is 0 Å². The molecule has 0 amide bonds. The highest BCUT2D eigenvalue weighted by molar-refractivity contribution is 5.95. The lowest BCUT2D eigenvalue weighted by Crippen LogP contribution is -3.00. The molecule has 0 aliphatic carbocycles. The Labute approximate surface area is 99.8 Å². The number of fused-ring (bicyclic) bond motifs is 1. The maximum atomic E-state index is 3.28. The highest BCUT2D eigenvalue weighted by atomic mass is 35.5. The van der Waals surface area contributed by atoms with Crippen LogP contribution in [0.4, 0.5) is 0 Å². The first-order valence-corrected chi connectivity index (χ1v) is 4.98. The molecule has 0 aliphatic rings. The first-order chi connectivity index (χ1) is 7.45. The van der Waals surface area contributed by atoms with E-state index in [1.807, 2.05) is 18.5 Å². The smallest absolute Gasteiger partial charge is 0.167 e. The molecule has 2 heterocycles. The van der Waals surface area contributed by atoms with Crippen molar-refractivity contribution >= 4 is 10.9 Å². The second kappa shape index (κ2) is 4.37. The van der Waals surface area contributed by atoms with Gasteiger partial charge in [0.15, 0.2) is 12.4 Å². The number of benzene rings is 1. The Morgan fingerprint density at radius 1 is 0.938 bits per heavy atom. The SMILES string of the molecule is [Cl-].c1ccc2c(-c3cc[nH+]cc3)c[nH]c2c1. The molecular formula is C13H11ClN2. The second-order valence-corrected chi connectivity index (χ2v) is 3.54. The minimum atomic E-state index is 0. The van der Waals surface area contributed by atoms with E-state index in [9.17, 15) is 0 Å². The topological polar surface area (TPSA) is 29.9 Å². The van der Waals surface area contributed by atoms with Crippen LogP contribution < -0.4 is 17.4 Å². The summed E-state index contributed by atoms with van der Waals surface area (Å²) in [6, 6.07) is 12.5. The molecule has 80 valence electrons. The zero-order chi connectivity index (χ0) is 10.1. The Hall–Kier alpha value is -1.80. The molecule has 0 aliphatic heterocycles. The standard InChI is InChI=1S/C13H10N2.ClH/c1-2-4-13-11(3-1)12(9-15-13)10-5-7-14-8-6-10;/h1-9,15H;1H. The Bertz CT molecular complexity index is 587.